The fourth-order valence-electron chi connectivity index (χ4n) is 3.59. The molecule has 1 aromatic heterocycles. The van der Waals surface area contributed by atoms with E-state index in [4.69, 9.17) is 5.73 Å². The van der Waals surface area contributed by atoms with Gasteiger partial charge in [0.2, 0.25) is 5.91 Å². The predicted molar refractivity (Wildman–Crippen MR) is 158 cm³/mol. The van der Waals surface area contributed by atoms with Gasteiger partial charge in [0.15, 0.2) is 0 Å². The second kappa shape index (κ2) is 24.7. The molecule has 0 radical (unpaired) electrons. The van der Waals surface area contributed by atoms with Gasteiger partial charge in [0.05, 0.1) is 5.71 Å². The third kappa shape index (κ3) is 15.6. The number of aromatic nitrogens is 1. The largest absolute Gasteiger partial charge is 0.796 e. The van der Waals surface area contributed by atoms with Crippen LogP contribution < -0.4 is 21.4 Å². The number of hydrogen-bond donors (Lipinski definition) is 3. The third-order valence-corrected chi connectivity index (χ3v) is 5.44. The van der Waals surface area contributed by atoms with Crippen molar-refractivity contribution in [1.29, 1.82) is 0 Å². The molecule has 1 aliphatic heterocycles. The molecule has 2 aliphatic rings. The summed E-state index contributed by atoms with van der Waals surface area (Å²) in [6, 6.07) is 2.17. The summed E-state index contributed by atoms with van der Waals surface area (Å²) in [4.78, 5) is 22.2. The number of pyridine rings is 1. The van der Waals surface area contributed by atoms with E-state index in [9.17, 15) is 4.79 Å². The minimum absolute atomic E-state index is 0. The Morgan fingerprint density at radius 1 is 1.24 bits per heavy atom. The van der Waals surface area contributed by atoms with Gasteiger partial charge in [-0.2, -0.15) is 11.4 Å². The molecule has 1 aliphatic carbocycles. The van der Waals surface area contributed by atoms with E-state index in [2.05, 4.69) is 70.0 Å². The predicted octanol–water partition coefficient (Wildman–Crippen LogP) is 3.68. The number of rotatable bonds is 6. The van der Waals surface area contributed by atoms with Crippen LogP contribution in [0, 0.1) is 36.1 Å². The first-order valence-electron chi connectivity index (χ1n) is 12.6. The maximum absolute atomic E-state index is 11.3. The summed E-state index contributed by atoms with van der Waals surface area (Å²) >= 11 is 4.08. The molecule has 11 heteroatoms. The van der Waals surface area contributed by atoms with E-state index < -0.39 is 0 Å². The van der Waals surface area contributed by atoms with Gasteiger partial charge in [-0.25, -0.2) is 4.99 Å². The Bertz CT molecular complexity index is 888. The first kappa shape index (κ1) is 39.8. The monoisotopic (exact) mass is 997 g/mol. The van der Waals surface area contributed by atoms with Crippen LogP contribution in [0.15, 0.2) is 45.8 Å². The minimum Gasteiger partial charge on any atom is -0.796 e. The summed E-state index contributed by atoms with van der Waals surface area (Å²) in [5.74, 6) is -0.0683. The molecule has 1 amide bonds. The van der Waals surface area contributed by atoms with Crippen LogP contribution in [0.25, 0.3) is 0 Å². The van der Waals surface area contributed by atoms with E-state index in [1.165, 1.54) is 23.4 Å². The van der Waals surface area contributed by atoms with Crippen LogP contribution in [-0.4, -0.2) is 62.8 Å². The van der Waals surface area contributed by atoms with Crippen LogP contribution in [0.4, 0.5) is 5.69 Å². The maximum Gasteiger partial charge on any atom is 0.246 e. The maximum atomic E-state index is 11.3. The van der Waals surface area contributed by atoms with E-state index in [1.807, 2.05) is 26.1 Å². The molecule has 2 heterocycles. The molecule has 216 valence electrons. The topological polar surface area (TPSA) is 108 Å². The van der Waals surface area contributed by atoms with E-state index in [-0.39, 0.29) is 35.1 Å². The van der Waals surface area contributed by atoms with E-state index in [0.717, 1.165) is 56.7 Å². The number of anilines is 1. The number of carbonyl (C=O) groups excluding carboxylic acids is 1. The average Bonchev–Trinajstić information content (AvgIpc) is 2.90. The van der Waals surface area contributed by atoms with Crippen LogP contribution in [0.1, 0.15) is 57.7 Å². The van der Waals surface area contributed by atoms with Gasteiger partial charge in [-0.1, -0.05) is 26.3 Å². The first-order valence-corrected chi connectivity index (χ1v) is 13.4. The van der Waals surface area contributed by atoms with E-state index in [0.29, 0.717) is 12.1 Å². The van der Waals surface area contributed by atoms with Gasteiger partial charge in [0.25, 0.3) is 0 Å². The van der Waals surface area contributed by atoms with Gasteiger partial charge < -0.3 is 34.0 Å². The Morgan fingerprint density at radius 2 is 1.84 bits per heavy atom. The number of aliphatic imine (C=N–C) groups is 1. The van der Waals surface area contributed by atoms with Crippen molar-refractivity contribution in [3.8, 4) is 0 Å². The normalized spacial score (nSPS) is 14.7. The standard InChI is InChI=1S/C13H21N3.C11H16N2O.C2H6N2.CH4S.Cm.Pu/c1-3-4-12-11(2)15-6-5-13(12)16-9-7-14-8-10-16;1-3-4-11(14)13-10-7-9(12)6-5-8(10)2;1-3-4-2;1-2;;/h5-6,14H,3-4,7-10H2,1-2H3;5,7H,3-4,6,12H2,1-2H3;4H,1H2,2H3;2H,1H3;;/p-1. The van der Waals surface area contributed by atoms with Crippen LogP contribution in [0.2, 0.25) is 0 Å². The summed E-state index contributed by atoms with van der Waals surface area (Å²) < 4.78 is 0. The summed E-state index contributed by atoms with van der Waals surface area (Å²) in [6.45, 7) is 15.8. The number of nitrogens with two attached hydrogens (primary N) is 1. The molecule has 4 N–H and O–H groups in total. The number of carbonyl (C=O) groups is 1. The molecular weight excluding hydrogens is 961 g/mol. The van der Waals surface area contributed by atoms with Crippen LogP contribution in [0.5, 0.6) is 0 Å². The fourth-order valence-corrected chi connectivity index (χ4v) is 3.59. The van der Waals surface area contributed by atoms with Gasteiger partial charge in [-0.15, -0.1) is 0 Å². The number of piperazine rings is 1. The molecule has 0 aromatic carbocycles. The molecule has 0 unspecified atom stereocenters. The zero-order chi connectivity index (χ0) is 27.3. The molecule has 1 fully saturated rings. The molecule has 1 aromatic rings. The third-order valence-electron chi connectivity index (χ3n) is 5.44. The summed E-state index contributed by atoms with van der Waals surface area (Å²) in [6.07, 6.45) is 11.7. The summed E-state index contributed by atoms with van der Waals surface area (Å²) in [7, 11) is 1.70. The smallest absolute Gasteiger partial charge is 0.246 e. The van der Waals surface area contributed by atoms with Crippen molar-refractivity contribution in [2.75, 3.05) is 44.4 Å². The van der Waals surface area contributed by atoms with E-state index in [1.54, 1.807) is 19.4 Å². The van der Waals surface area contributed by atoms with Crippen LogP contribution >= 0.6 is 0 Å². The second-order valence-corrected chi connectivity index (χ2v) is 8.21. The average molecular weight is 1010 g/mol. The second-order valence-electron chi connectivity index (χ2n) is 8.21. The van der Waals surface area contributed by atoms with Crippen molar-refractivity contribution >= 4 is 36.7 Å². The Labute approximate surface area is 252 Å². The fraction of sp³-hybridized carbons (Fsp3) is 0.556. The zero-order valence-electron chi connectivity index (χ0n) is 23.8. The quantitative estimate of drug-likeness (QED) is 0.227. The van der Waals surface area contributed by atoms with Gasteiger partial charge in [0.1, 0.15) is 0 Å². The Morgan fingerprint density at radius 3 is 2.37 bits per heavy atom. The van der Waals surface area contributed by atoms with Crippen molar-refractivity contribution < 1.29 is 34.0 Å². The van der Waals surface area contributed by atoms with E-state index >= 15 is 0 Å². The Kier molecular flexibility index (Phi) is 25.9. The number of nitrogens with one attached hydrogen (secondary N) is 2. The number of hydrogen-bond acceptors (Lipinski definition) is 8. The molecule has 0 atom stereocenters. The number of hydrazone groups is 1. The van der Waals surface area contributed by atoms with Crippen molar-refractivity contribution in [3.05, 3.63) is 46.9 Å². The summed E-state index contributed by atoms with van der Waals surface area (Å²) in [5, 5.41) is 6.63. The minimum atomic E-state index is -0.0683. The SMILES string of the molecule is C=NNC.CCCC(=O)N=C1C=C(N)CC=C1C.CCCc1c(N2CCNCC2)ccnc1C.C[S-].[Cm].[Pu]. The number of aryl methyl sites for hydroxylation is 1. The van der Waals surface area contributed by atoms with Gasteiger partial charge in [-0.3, -0.25) is 9.78 Å². The molecule has 0 saturated carbocycles. The van der Waals surface area contributed by atoms with Crippen LogP contribution in [-0.2, 0) is 23.8 Å². The number of nitrogens with zero attached hydrogens (tertiary/aromatic N) is 4. The van der Waals surface area contributed by atoms with Gasteiger partial charge in [0, 0.05) is 105 Å². The zero-order valence-corrected chi connectivity index (χ0v) is 31.0. The van der Waals surface area contributed by atoms with Gasteiger partial charge >= 0.3 is 0 Å². The number of allylic oxidation sites excluding steroid dienone is 3. The Hall–Kier alpha value is -2.66. The molecule has 0 spiro atoms. The van der Waals surface area contributed by atoms with Crippen molar-refractivity contribution in [2.45, 2.75) is 59.8 Å². The van der Waals surface area contributed by atoms with Crippen molar-refractivity contribution in [3.63, 3.8) is 0 Å². The molecule has 0 bridgehead atoms. The molecular formula is C27H46CmN7OPuS-. The molecule has 38 heavy (non-hydrogen) atoms. The molecule has 1 saturated heterocycles. The van der Waals surface area contributed by atoms with Crippen molar-refractivity contribution in [1.82, 2.24) is 15.7 Å². The summed E-state index contributed by atoms with van der Waals surface area (Å²) in [5.41, 5.74) is 14.6. The van der Waals surface area contributed by atoms with Gasteiger partial charge in [-0.05, 0) is 50.0 Å². The molecule has 8 nitrogen and oxygen atoms in total. The van der Waals surface area contributed by atoms with Crippen molar-refractivity contribution in [2.24, 2.45) is 15.8 Å². The molecule has 3 rings (SSSR count). The Balaban J connectivity index is -0.000000515. The number of amides is 1. The first-order chi connectivity index (χ1) is 17.4. The van der Waals surface area contributed by atoms with Crippen LogP contribution in [0.3, 0.4) is 0 Å².